The Kier molecular flexibility index (Phi) is 7.12. The van der Waals surface area contributed by atoms with E-state index in [0.717, 1.165) is 24.2 Å². The first kappa shape index (κ1) is 24.8. The van der Waals surface area contributed by atoms with Gasteiger partial charge in [-0.3, -0.25) is 19.4 Å². The molecule has 0 bridgehead atoms. The van der Waals surface area contributed by atoms with E-state index < -0.39 is 30.2 Å². The van der Waals surface area contributed by atoms with Crippen LogP contribution in [0.2, 0.25) is 0 Å². The molecule has 32 heavy (non-hydrogen) atoms. The van der Waals surface area contributed by atoms with E-state index in [4.69, 9.17) is 0 Å². The largest absolute Gasteiger partial charge is 0.401 e. The Morgan fingerprint density at radius 2 is 1.75 bits per heavy atom. The highest BCUT2D eigenvalue weighted by Crippen LogP contribution is 2.45. The molecule has 1 spiro atoms. The summed E-state index contributed by atoms with van der Waals surface area (Å²) < 4.78 is 38.0. The number of rotatable bonds is 5. The van der Waals surface area contributed by atoms with Crippen molar-refractivity contribution in [2.75, 3.05) is 39.3 Å². The molecule has 7 nitrogen and oxygen atoms in total. The smallest absolute Gasteiger partial charge is 0.340 e. The predicted molar refractivity (Wildman–Crippen MR) is 113 cm³/mol. The topological polar surface area (TPSA) is 73.0 Å². The molecule has 4 amide bonds. The Morgan fingerprint density at radius 1 is 1.09 bits per heavy atom. The number of halogens is 3. The lowest BCUT2D eigenvalue weighted by Gasteiger charge is -2.42. The summed E-state index contributed by atoms with van der Waals surface area (Å²) >= 11 is 0. The van der Waals surface area contributed by atoms with Crippen LogP contribution >= 0.6 is 0 Å². The molecule has 0 atom stereocenters. The number of hydrogen-bond acceptors (Lipinski definition) is 4. The van der Waals surface area contributed by atoms with Crippen molar-refractivity contribution in [1.82, 2.24) is 20.0 Å². The maximum absolute atomic E-state index is 13.2. The van der Waals surface area contributed by atoms with E-state index >= 15 is 0 Å². The van der Waals surface area contributed by atoms with Crippen molar-refractivity contribution in [3.63, 3.8) is 0 Å². The third kappa shape index (κ3) is 5.38. The molecule has 0 aromatic heterocycles. The average molecular weight is 461 g/mol. The van der Waals surface area contributed by atoms with Crippen LogP contribution in [-0.2, 0) is 9.59 Å². The van der Waals surface area contributed by atoms with Crippen molar-refractivity contribution < 1.29 is 27.6 Å². The molecule has 0 aromatic rings. The number of carbonyl (C=O) groups is 3. The minimum Gasteiger partial charge on any atom is -0.340 e. The van der Waals surface area contributed by atoms with Crippen LogP contribution in [0.3, 0.4) is 0 Å². The lowest BCUT2D eigenvalue weighted by Crippen LogP contribution is -2.51. The van der Waals surface area contributed by atoms with Gasteiger partial charge in [-0.15, -0.1) is 0 Å². The molecule has 1 N–H and O–H groups in total. The molecule has 182 valence electrons. The molecule has 3 rings (SSSR count). The zero-order valence-corrected chi connectivity index (χ0v) is 19.3. The van der Waals surface area contributed by atoms with Crippen molar-refractivity contribution in [1.29, 1.82) is 0 Å². The molecule has 0 unspecified atom stereocenters. The monoisotopic (exact) mass is 460 g/mol. The predicted octanol–water partition coefficient (Wildman–Crippen LogP) is 3.00. The van der Waals surface area contributed by atoms with E-state index in [1.54, 1.807) is 0 Å². The third-order valence-corrected chi connectivity index (χ3v) is 7.74. The Balaban J connectivity index is 1.57. The maximum Gasteiger partial charge on any atom is 0.401 e. The zero-order valence-electron chi connectivity index (χ0n) is 19.3. The number of imide groups is 1. The van der Waals surface area contributed by atoms with E-state index in [1.165, 1.54) is 9.80 Å². The van der Waals surface area contributed by atoms with Gasteiger partial charge in [-0.05, 0) is 43.4 Å². The first-order valence-corrected chi connectivity index (χ1v) is 11.6. The summed E-state index contributed by atoms with van der Waals surface area (Å²) in [6, 6.07) is -0.551. The highest BCUT2D eigenvalue weighted by atomic mass is 19.4. The van der Waals surface area contributed by atoms with Crippen LogP contribution in [0.4, 0.5) is 18.0 Å². The molecule has 2 heterocycles. The molecule has 1 saturated carbocycles. The second kappa shape index (κ2) is 9.19. The number of urea groups is 1. The number of hydrogen-bond donors (Lipinski definition) is 1. The summed E-state index contributed by atoms with van der Waals surface area (Å²) in [4.78, 5) is 42.3. The molecule has 0 aromatic carbocycles. The van der Waals surface area contributed by atoms with E-state index in [9.17, 15) is 27.6 Å². The fraction of sp³-hybridized carbons (Fsp3) is 0.864. The van der Waals surface area contributed by atoms with Gasteiger partial charge in [-0.2, -0.15) is 13.2 Å². The van der Waals surface area contributed by atoms with Gasteiger partial charge >= 0.3 is 12.2 Å². The van der Waals surface area contributed by atoms with Crippen LogP contribution in [-0.4, -0.2) is 83.5 Å². The van der Waals surface area contributed by atoms with Crippen LogP contribution in [0, 0.1) is 11.3 Å². The van der Waals surface area contributed by atoms with Crippen LogP contribution in [0.1, 0.15) is 59.3 Å². The van der Waals surface area contributed by atoms with Gasteiger partial charge in [0, 0.05) is 26.2 Å². The summed E-state index contributed by atoms with van der Waals surface area (Å²) in [7, 11) is 0. The minimum absolute atomic E-state index is 0.115. The Hall–Kier alpha value is -1.84. The quantitative estimate of drug-likeness (QED) is 0.641. The highest BCUT2D eigenvalue weighted by molar-refractivity contribution is 6.09. The van der Waals surface area contributed by atoms with Gasteiger partial charge in [0.2, 0.25) is 5.91 Å². The summed E-state index contributed by atoms with van der Waals surface area (Å²) in [6.07, 6.45) is -0.00812. The molecule has 2 aliphatic heterocycles. The molecule has 0 radical (unpaired) electrons. The molecule has 1 aliphatic carbocycles. The fourth-order valence-corrected chi connectivity index (χ4v) is 5.21. The zero-order chi connectivity index (χ0) is 23.7. The molecular weight excluding hydrogens is 425 g/mol. The maximum atomic E-state index is 13.2. The van der Waals surface area contributed by atoms with Crippen molar-refractivity contribution in [2.24, 2.45) is 11.3 Å². The van der Waals surface area contributed by atoms with Crippen LogP contribution in [0.15, 0.2) is 0 Å². The SMILES string of the molecule is CCC(C)(C)C1CCC2(CC1)NC(=O)N(CC(=O)N1CCCN(CC(F)(F)F)CC1)C2=O. The molecule has 3 fully saturated rings. The van der Waals surface area contributed by atoms with E-state index in [0.29, 0.717) is 31.7 Å². The summed E-state index contributed by atoms with van der Waals surface area (Å²) in [5.41, 5.74) is -0.754. The number of amides is 4. The van der Waals surface area contributed by atoms with Gasteiger partial charge in [-0.1, -0.05) is 27.2 Å². The normalized spacial score (nSPS) is 28.2. The highest BCUT2D eigenvalue weighted by Gasteiger charge is 2.54. The number of nitrogens with zero attached hydrogens (tertiary/aromatic N) is 3. The van der Waals surface area contributed by atoms with E-state index in [1.807, 2.05) is 0 Å². The van der Waals surface area contributed by atoms with Gasteiger partial charge in [-0.25, -0.2) is 4.79 Å². The fourth-order valence-electron chi connectivity index (χ4n) is 5.21. The third-order valence-electron chi connectivity index (χ3n) is 7.74. The number of nitrogens with one attached hydrogen (secondary N) is 1. The van der Waals surface area contributed by atoms with Gasteiger partial charge in [0.15, 0.2) is 0 Å². The Morgan fingerprint density at radius 3 is 2.34 bits per heavy atom. The lowest BCUT2D eigenvalue weighted by molar-refractivity contribution is -0.145. The van der Waals surface area contributed by atoms with E-state index in [2.05, 4.69) is 26.1 Å². The molecule has 3 aliphatic rings. The molecule has 2 saturated heterocycles. The molecular formula is C22H35F3N4O3. The van der Waals surface area contributed by atoms with Gasteiger partial charge < -0.3 is 10.2 Å². The summed E-state index contributed by atoms with van der Waals surface area (Å²) in [5.74, 6) is -0.271. The van der Waals surface area contributed by atoms with Crippen molar-refractivity contribution in [3.8, 4) is 0 Å². The standard InChI is InChI=1S/C22H35F3N4O3/c1-4-20(2,3)16-6-8-21(9-7-16)18(31)29(19(32)26-21)14-17(30)28-11-5-10-27(12-13-28)15-22(23,24)25/h16H,4-15H2,1-3H3,(H,26,32). The van der Waals surface area contributed by atoms with Crippen LogP contribution in [0.25, 0.3) is 0 Å². The average Bonchev–Trinajstić information content (AvgIpc) is 2.87. The van der Waals surface area contributed by atoms with Crippen molar-refractivity contribution >= 4 is 17.8 Å². The lowest BCUT2D eigenvalue weighted by atomic mass is 9.65. The summed E-state index contributed by atoms with van der Waals surface area (Å²) in [6.45, 7) is 6.09. The second-order valence-corrected chi connectivity index (χ2v) is 10.1. The van der Waals surface area contributed by atoms with E-state index in [-0.39, 0.29) is 37.5 Å². The van der Waals surface area contributed by atoms with Crippen molar-refractivity contribution in [3.05, 3.63) is 0 Å². The molecule has 10 heteroatoms. The van der Waals surface area contributed by atoms with Gasteiger partial charge in [0.25, 0.3) is 5.91 Å². The second-order valence-electron chi connectivity index (χ2n) is 10.1. The number of alkyl halides is 3. The van der Waals surface area contributed by atoms with Crippen LogP contribution < -0.4 is 5.32 Å². The van der Waals surface area contributed by atoms with Gasteiger partial charge in [0.05, 0.1) is 6.54 Å². The summed E-state index contributed by atoms with van der Waals surface area (Å²) in [5, 5.41) is 2.85. The first-order valence-electron chi connectivity index (χ1n) is 11.6. The Labute approximate surface area is 187 Å². The van der Waals surface area contributed by atoms with Crippen molar-refractivity contribution in [2.45, 2.75) is 71.0 Å². The Bertz CT molecular complexity index is 732. The van der Waals surface area contributed by atoms with Crippen LogP contribution in [0.5, 0.6) is 0 Å². The first-order chi connectivity index (χ1) is 14.9. The van der Waals surface area contributed by atoms with Gasteiger partial charge in [0.1, 0.15) is 12.1 Å². The number of carbonyl (C=O) groups excluding carboxylic acids is 3. The minimum atomic E-state index is -4.28.